The molecule has 0 amide bonds. The van der Waals surface area contributed by atoms with Crippen molar-refractivity contribution in [2.75, 3.05) is 0 Å². The molecule has 0 aliphatic rings. The molecular weight excluding hydrogens is 580 g/mol. The molecule has 0 heterocycles. The number of hydrogen-bond donors (Lipinski definition) is 0. The SMILES string of the molecule is FC(F)=C(F)c1ccc(-c2ccc(-c3cc(F)c(C(F)(F)Oc4cc(F)c(C(F)(F)F)c(F)c4)c(F)c3)cc2)cc1. The van der Waals surface area contributed by atoms with Crippen molar-refractivity contribution < 1.29 is 57.4 Å². The van der Waals surface area contributed by atoms with E-state index in [1.807, 2.05) is 0 Å². The van der Waals surface area contributed by atoms with E-state index in [4.69, 9.17) is 0 Å². The van der Waals surface area contributed by atoms with Gasteiger partial charge in [0.2, 0.25) is 0 Å². The van der Waals surface area contributed by atoms with Crippen molar-refractivity contribution in [3.05, 3.63) is 119 Å². The van der Waals surface area contributed by atoms with E-state index in [0.29, 0.717) is 23.3 Å². The monoisotopic (exact) mass is 592 g/mol. The Morgan fingerprint density at radius 3 is 1.32 bits per heavy atom. The average Bonchev–Trinajstić information content (AvgIpc) is 2.86. The maximum absolute atomic E-state index is 14.7. The molecule has 1 nitrogen and oxygen atoms in total. The Kier molecular flexibility index (Phi) is 7.83. The molecule has 0 atom stereocenters. The Balaban J connectivity index is 1.59. The van der Waals surface area contributed by atoms with E-state index >= 15 is 0 Å². The number of ether oxygens (including phenoxy) is 1. The van der Waals surface area contributed by atoms with Gasteiger partial charge in [0.15, 0.2) is 5.83 Å². The lowest BCUT2D eigenvalue weighted by molar-refractivity contribution is -0.189. The van der Waals surface area contributed by atoms with Crippen LogP contribution < -0.4 is 4.74 Å². The summed E-state index contributed by atoms with van der Waals surface area (Å²) in [5, 5.41) is 0. The van der Waals surface area contributed by atoms with Gasteiger partial charge in [-0.25, -0.2) is 22.0 Å². The Labute approximate surface area is 222 Å². The highest BCUT2D eigenvalue weighted by Gasteiger charge is 2.43. The smallest absolute Gasteiger partial charge is 0.429 e. The van der Waals surface area contributed by atoms with Crippen LogP contribution >= 0.6 is 0 Å². The first-order chi connectivity index (χ1) is 19.1. The minimum Gasteiger partial charge on any atom is -0.429 e. The van der Waals surface area contributed by atoms with Crippen molar-refractivity contribution in [1.29, 1.82) is 0 Å². The fourth-order valence-electron chi connectivity index (χ4n) is 3.87. The summed E-state index contributed by atoms with van der Waals surface area (Å²) in [5.41, 5.74) is -3.82. The maximum atomic E-state index is 14.7. The Morgan fingerprint density at radius 2 is 0.902 bits per heavy atom. The van der Waals surface area contributed by atoms with Crippen LogP contribution in [0.25, 0.3) is 28.1 Å². The molecule has 4 aromatic carbocycles. The van der Waals surface area contributed by atoms with Crippen molar-refractivity contribution in [2.45, 2.75) is 12.3 Å². The lowest BCUT2D eigenvalue weighted by Gasteiger charge is -2.21. The Bertz CT molecular complexity index is 1570. The summed E-state index contributed by atoms with van der Waals surface area (Å²) < 4.78 is 166. The van der Waals surface area contributed by atoms with E-state index in [2.05, 4.69) is 4.74 Å². The summed E-state index contributed by atoms with van der Waals surface area (Å²) in [6.07, 6.45) is -12.9. The maximum Gasteiger partial charge on any atom is 0.432 e. The van der Waals surface area contributed by atoms with Gasteiger partial charge >= 0.3 is 18.4 Å². The highest BCUT2D eigenvalue weighted by Crippen LogP contribution is 2.40. The normalized spacial score (nSPS) is 11.9. The Morgan fingerprint density at radius 1 is 0.512 bits per heavy atom. The van der Waals surface area contributed by atoms with E-state index < -0.39 is 64.3 Å². The summed E-state index contributed by atoms with van der Waals surface area (Å²) in [5.74, 6) is -11.4. The molecule has 0 saturated heterocycles. The van der Waals surface area contributed by atoms with Gasteiger partial charge in [-0.3, -0.25) is 0 Å². The second kappa shape index (κ2) is 10.9. The van der Waals surface area contributed by atoms with Crippen LogP contribution in [0.5, 0.6) is 5.75 Å². The Hall–Kier alpha value is -4.42. The molecule has 0 aromatic heterocycles. The molecular formula is C28H12F12O. The summed E-state index contributed by atoms with van der Waals surface area (Å²) in [6, 6.07) is 11.1. The standard InChI is InChI=1S/C28H12F12O/c29-19-9-17(15-3-1-13(2-4-15)14-5-7-16(8-6-14)25(33)26(34)35)10-20(30)24(19)28(39,40)41-18-11-21(31)23(22(32)12-18)27(36,37)38/h1-12H. The van der Waals surface area contributed by atoms with Gasteiger partial charge in [-0.1, -0.05) is 48.5 Å². The molecule has 0 saturated carbocycles. The molecule has 41 heavy (non-hydrogen) atoms. The molecule has 4 rings (SSSR count). The van der Waals surface area contributed by atoms with E-state index in [-0.39, 0.29) is 28.8 Å². The molecule has 13 heteroatoms. The third kappa shape index (κ3) is 6.18. The molecule has 0 spiro atoms. The van der Waals surface area contributed by atoms with Gasteiger partial charge in [-0.15, -0.1) is 0 Å². The second-order valence-corrected chi connectivity index (χ2v) is 8.42. The topological polar surface area (TPSA) is 9.23 Å². The van der Waals surface area contributed by atoms with Crippen molar-refractivity contribution in [3.63, 3.8) is 0 Å². The fraction of sp³-hybridized carbons (Fsp3) is 0.0714. The van der Waals surface area contributed by atoms with Gasteiger partial charge < -0.3 is 4.74 Å². The predicted octanol–water partition coefficient (Wildman–Crippen LogP) is 10.3. The van der Waals surface area contributed by atoms with E-state index in [9.17, 15) is 52.7 Å². The zero-order valence-electron chi connectivity index (χ0n) is 19.9. The highest BCUT2D eigenvalue weighted by atomic mass is 19.4. The second-order valence-electron chi connectivity index (χ2n) is 8.42. The number of halogens is 12. The van der Waals surface area contributed by atoms with Crippen molar-refractivity contribution in [1.82, 2.24) is 0 Å². The summed E-state index contributed by atoms with van der Waals surface area (Å²) in [6.45, 7) is 0. The average molecular weight is 592 g/mol. The van der Waals surface area contributed by atoms with Crippen LogP contribution in [0, 0.1) is 23.3 Å². The van der Waals surface area contributed by atoms with Gasteiger partial charge in [0.05, 0.1) is 0 Å². The van der Waals surface area contributed by atoms with E-state index in [0.717, 1.165) is 12.1 Å². The van der Waals surface area contributed by atoms with Crippen LogP contribution in [-0.4, -0.2) is 0 Å². The number of benzene rings is 4. The van der Waals surface area contributed by atoms with Gasteiger partial charge in [-0.05, 0) is 34.4 Å². The zero-order chi connectivity index (χ0) is 30.3. The van der Waals surface area contributed by atoms with E-state index in [1.165, 1.54) is 36.4 Å². The largest absolute Gasteiger partial charge is 0.432 e. The molecule has 0 unspecified atom stereocenters. The summed E-state index contributed by atoms with van der Waals surface area (Å²) in [4.78, 5) is 0. The van der Waals surface area contributed by atoms with Crippen LogP contribution in [0.15, 0.2) is 78.9 Å². The first-order valence-corrected chi connectivity index (χ1v) is 11.1. The molecule has 0 bridgehead atoms. The van der Waals surface area contributed by atoms with Gasteiger partial charge in [0.25, 0.3) is 0 Å². The lowest BCUT2D eigenvalue weighted by atomic mass is 9.98. The van der Waals surface area contributed by atoms with Crippen LogP contribution in [0.3, 0.4) is 0 Å². The number of hydrogen-bond acceptors (Lipinski definition) is 1. The quantitative estimate of drug-likeness (QED) is 0.203. The van der Waals surface area contributed by atoms with Gasteiger partial charge in [0, 0.05) is 17.7 Å². The molecule has 0 radical (unpaired) electrons. The van der Waals surface area contributed by atoms with Gasteiger partial charge in [-0.2, -0.15) is 30.7 Å². The minimum atomic E-state index is -5.49. The van der Waals surface area contributed by atoms with Crippen molar-refractivity contribution in [3.8, 4) is 28.0 Å². The molecule has 0 aliphatic heterocycles. The molecule has 0 fully saturated rings. The van der Waals surface area contributed by atoms with Crippen molar-refractivity contribution >= 4 is 5.83 Å². The van der Waals surface area contributed by atoms with E-state index in [1.54, 1.807) is 0 Å². The number of rotatable bonds is 6. The van der Waals surface area contributed by atoms with Crippen LogP contribution in [0.2, 0.25) is 0 Å². The molecule has 0 N–H and O–H groups in total. The predicted molar refractivity (Wildman–Crippen MR) is 123 cm³/mol. The first-order valence-electron chi connectivity index (χ1n) is 11.1. The summed E-state index contributed by atoms with van der Waals surface area (Å²) >= 11 is 0. The fourth-order valence-corrected chi connectivity index (χ4v) is 3.87. The molecule has 4 aromatic rings. The molecule has 0 aliphatic carbocycles. The first kappa shape index (κ1) is 29.6. The van der Waals surface area contributed by atoms with Crippen LogP contribution in [0.4, 0.5) is 52.7 Å². The minimum absolute atomic E-state index is 0.138. The zero-order valence-corrected chi connectivity index (χ0v) is 19.9. The third-order valence-corrected chi connectivity index (χ3v) is 5.73. The highest BCUT2D eigenvalue weighted by molar-refractivity contribution is 5.72. The van der Waals surface area contributed by atoms with Gasteiger partial charge in [0.1, 0.15) is 40.1 Å². The summed E-state index contributed by atoms with van der Waals surface area (Å²) in [7, 11) is 0. The third-order valence-electron chi connectivity index (χ3n) is 5.73. The molecule has 214 valence electrons. The van der Waals surface area contributed by atoms with Crippen molar-refractivity contribution in [2.24, 2.45) is 0 Å². The number of alkyl halides is 5. The lowest BCUT2D eigenvalue weighted by Crippen LogP contribution is -2.25. The van der Waals surface area contributed by atoms with Crippen LogP contribution in [0.1, 0.15) is 16.7 Å². The van der Waals surface area contributed by atoms with Crippen LogP contribution in [-0.2, 0) is 12.3 Å².